The lowest BCUT2D eigenvalue weighted by Crippen LogP contribution is -2.38. The normalized spacial score (nSPS) is 11.4. The Hall–Kier alpha value is -2.88. The summed E-state index contributed by atoms with van der Waals surface area (Å²) < 4.78 is 4.01. The van der Waals surface area contributed by atoms with Crippen LogP contribution in [0.1, 0.15) is 22.4 Å². The quantitative estimate of drug-likeness (QED) is 0.219. The zero-order valence-corrected chi connectivity index (χ0v) is 20.2. The first-order valence-electron chi connectivity index (χ1n) is 10.1. The van der Waals surface area contributed by atoms with E-state index in [0.717, 1.165) is 36.8 Å². The molecule has 0 amide bonds. The van der Waals surface area contributed by atoms with Crippen LogP contribution in [-0.4, -0.2) is 38.7 Å². The molecule has 1 aromatic carbocycles. The minimum Gasteiger partial charge on any atom is -0.356 e. The van der Waals surface area contributed by atoms with Gasteiger partial charge < -0.3 is 15.0 Å². The molecule has 0 atom stereocenters. The van der Waals surface area contributed by atoms with Crippen molar-refractivity contribution in [1.29, 1.82) is 0 Å². The Balaban J connectivity index is 0.00000272. The number of hydrogen-bond donors (Lipinski definition) is 2. The van der Waals surface area contributed by atoms with E-state index in [2.05, 4.69) is 68.6 Å². The number of imidazole rings is 1. The molecule has 0 aliphatic carbocycles. The fraction of sp³-hybridized carbons (Fsp3) is 0.261. The van der Waals surface area contributed by atoms with E-state index in [0.29, 0.717) is 6.54 Å². The van der Waals surface area contributed by atoms with E-state index in [1.165, 1.54) is 16.7 Å². The molecule has 4 aromatic rings. The smallest absolute Gasteiger partial charge is 0.191 e. The average molecular weight is 529 g/mol. The molecule has 0 aliphatic rings. The second-order valence-corrected chi connectivity index (χ2v) is 7.23. The van der Waals surface area contributed by atoms with Gasteiger partial charge in [-0.1, -0.05) is 30.3 Å². The van der Waals surface area contributed by atoms with Crippen LogP contribution in [0, 0.1) is 6.92 Å². The second kappa shape index (κ2) is 10.9. The number of guanidine groups is 1. The van der Waals surface area contributed by atoms with Gasteiger partial charge in [0.1, 0.15) is 5.65 Å². The number of aromatic nitrogens is 4. The fourth-order valence-electron chi connectivity index (χ4n) is 3.49. The van der Waals surface area contributed by atoms with Crippen LogP contribution < -0.4 is 10.6 Å². The maximum atomic E-state index is 4.73. The minimum atomic E-state index is 0. The van der Waals surface area contributed by atoms with E-state index in [1.807, 2.05) is 29.2 Å². The van der Waals surface area contributed by atoms with Crippen LogP contribution in [0.2, 0.25) is 0 Å². The molecular weight excluding hydrogens is 501 g/mol. The first-order chi connectivity index (χ1) is 14.7. The zero-order chi connectivity index (χ0) is 20.8. The van der Waals surface area contributed by atoms with Crippen LogP contribution >= 0.6 is 24.0 Å². The molecule has 8 heteroatoms. The number of fused-ring (bicyclic) bond motifs is 1. The van der Waals surface area contributed by atoms with Gasteiger partial charge in [0.15, 0.2) is 5.96 Å². The highest BCUT2D eigenvalue weighted by Gasteiger charge is 2.06. The van der Waals surface area contributed by atoms with Crippen LogP contribution in [0.25, 0.3) is 5.65 Å². The third kappa shape index (κ3) is 5.84. The number of aryl methyl sites for hydroxylation is 1. The first-order valence-corrected chi connectivity index (χ1v) is 10.1. The van der Waals surface area contributed by atoms with Gasteiger partial charge in [-0.25, -0.2) is 4.98 Å². The number of hydrogen-bond acceptors (Lipinski definition) is 3. The Kier molecular flexibility index (Phi) is 8.05. The van der Waals surface area contributed by atoms with Gasteiger partial charge in [0.25, 0.3) is 0 Å². The number of rotatable bonds is 7. The largest absolute Gasteiger partial charge is 0.356 e. The molecule has 0 radical (unpaired) electrons. The molecule has 0 aliphatic heterocycles. The lowest BCUT2D eigenvalue weighted by molar-refractivity contribution is 0.677. The zero-order valence-electron chi connectivity index (χ0n) is 17.8. The van der Waals surface area contributed by atoms with Gasteiger partial charge in [0.2, 0.25) is 0 Å². The lowest BCUT2D eigenvalue weighted by Gasteiger charge is -2.14. The topological polar surface area (TPSA) is 71.5 Å². The van der Waals surface area contributed by atoms with Crippen molar-refractivity contribution >= 4 is 35.6 Å². The number of aliphatic imine (C=N–C) groups is 1. The molecule has 162 valence electrons. The van der Waals surface area contributed by atoms with Crippen LogP contribution in [0.4, 0.5) is 0 Å². The molecule has 3 heterocycles. The fourth-order valence-corrected chi connectivity index (χ4v) is 3.49. The van der Waals surface area contributed by atoms with Gasteiger partial charge in [0.05, 0.1) is 12.2 Å². The van der Waals surface area contributed by atoms with Crippen LogP contribution in [-0.2, 0) is 19.5 Å². The minimum absolute atomic E-state index is 0. The molecular formula is C23H28IN7. The summed E-state index contributed by atoms with van der Waals surface area (Å²) in [5, 5.41) is 11.1. The maximum Gasteiger partial charge on any atom is 0.191 e. The van der Waals surface area contributed by atoms with Gasteiger partial charge in [-0.3, -0.25) is 9.67 Å². The van der Waals surface area contributed by atoms with Crippen molar-refractivity contribution < 1.29 is 0 Å². The Bertz CT molecular complexity index is 1130. The highest BCUT2D eigenvalue weighted by Crippen LogP contribution is 2.11. The molecule has 0 fully saturated rings. The molecule has 4 rings (SSSR count). The van der Waals surface area contributed by atoms with Gasteiger partial charge >= 0.3 is 0 Å². The molecule has 0 spiro atoms. The molecule has 0 unspecified atom stereocenters. The van der Waals surface area contributed by atoms with Gasteiger partial charge in [-0.15, -0.1) is 24.0 Å². The van der Waals surface area contributed by atoms with Crippen molar-refractivity contribution in [3.05, 3.63) is 89.6 Å². The highest BCUT2D eigenvalue weighted by atomic mass is 127. The molecule has 2 N–H and O–H groups in total. The SMILES string of the molecule is CN=C(NCCc1cn2cccc(C)c2n1)NCc1ccccc1Cn1cccn1.I. The van der Waals surface area contributed by atoms with Crippen molar-refractivity contribution in [1.82, 2.24) is 29.8 Å². The van der Waals surface area contributed by atoms with Crippen LogP contribution in [0.5, 0.6) is 0 Å². The predicted molar refractivity (Wildman–Crippen MR) is 135 cm³/mol. The number of nitrogens with one attached hydrogen (secondary N) is 2. The predicted octanol–water partition coefficient (Wildman–Crippen LogP) is 3.41. The average Bonchev–Trinajstić information content (AvgIpc) is 3.42. The van der Waals surface area contributed by atoms with Crippen molar-refractivity contribution in [3.8, 4) is 0 Å². The lowest BCUT2D eigenvalue weighted by atomic mass is 10.1. The summed E-state index contributed by atoms with van der Waals surface area (Å²) in [7, 11) is 1.79. The second-order valence-electron chi connectivity index (χ2n) is 7.23. The molecule has 3 aromatic heterocycles. The first kappa shape index (κ1) is 22.8. The standard InChI is InChI=1S/C23H27N7.HI/c1-18-7-5-13-29-17-21(28-22(18)29)10-12-25-23(24-2)26-15-19-8-3-4-9-20(19)16-30-14-6-11-27-30;/h3-9,11,13-14,17H,10,12,15-16H2,1-2H3,(H2,24,25,26);1H. The number of nitrogens with zero attached hydrogens (tertiary/aromatic N) is 5. The summed E-state index contributed by atoms with van der Waals surface area (Å²) in [6, 6.07) is 14.5. The van der Waals surface area contributed by atoms with E-state index in [4.69, 9.17) is 4.98 Å². The van der Waals surface area contributed by atoms with Crippen molar-refractivity contribution in [2.75, 3.05) is 13.6 Å². The summed E-state index contributed by atoms with van der Waals surface area (Å²) in [6.07, 6.45) is 8.74. The molecule has 0 bridgehead atoms. The van der Waals surface area contributed by atoms with E-state index < -0.39 is 0 Å². The van der Waals surface area contributed by atoms with E-state index in [9.17, 15) is 0 Å². The third-order valence-electron chi connectivity index (χ3n) is 5.08. The summed E-state index contributed by atoms with van der Waals surface area (Å²) in [5.74, 6) is 0.781. The maximum absolute atomic E-state index is 4.73. The van der Waals surface area contributed by atoms with E-state index in [1.54, 1.807) is 13.2 Å². The molecule has 0 saturated heterocycles. The van der Waals surface area contributed by atoms with Crippen molar-refractivity contribution in [2.24, 2.45) is 4.99 Å². The summed E-state index contributed by atoms with van der Waals surface area (Å²) in [6.45, 7) is 4.30. The summed E-state index contributed by atoms with van der Waals surface area (Å²) in [5.41, 5.74) is 5.74. The van der Waals surface area contributed by atoms with Crippen molar-refractivity contribution in [2.45, 2.75) is 26.4 Å². The summed E-state index contributed by atoms with van der Waals surface area (Å²) >= 11 is 0. The number of benzene rings is 1. The molecule has 31 heavy (non-hydrogen) atoms. The number of halogens is 1. The molecule has 7 nitrogen and oxygen atoms in total. The monoisotopic (exact) mass is 529 g/mol. The van der Waals surface area contributed by atoms with Gasteiger partial charge in [-0.05, 0) is 35.7 Å². The Morgan fingerprint density at radius 2 is 1.87 bits per heavy atom. The molecule has 0 saturated carbocycles. The number of pyridine rings is 1. The Labute approximate surface area is 199 Å². The van der Waals surface area contributed by atoms with Crippen molar-refractivity contribution in [3.63, 3.8) is 0 Å². The highest BCUT2D eigenvalue weighted by molar-refractivity contribution is 14.0. The van der Waals surface area contributed by atoms with E-state index in [-0.39, 0.29) is 24.0 Å². The third-order valence-corrected chi connectivity index (χ3v) is 5.08. The van der Waals surface area contributed by atoms with E-state index >= 15 is 0 Å². The Morgan fingerprint density at radius 3 is 2.61 bits per heavy atom. The van der Waals surface area contributed by atoms with Crippen LogP contribution in [0.3, 0.4) is 0 Å². The van der Waals surface area contributed by atoms with Crippen LogP contribution in [0.15, 0.2) is 72.2 Å². The van der Waals surface area contributed by atoms with Gasteiger partial charge in [-0.2, -0.15) is 5.10 Å². The Morgan fingerprint density at radius 1 is 1.03 bits per heavy atom. The van der Waals surface area contributed by atoms with Gasteiger partial charge in [0, 0.05) is 51.3 Å². The summed E-state index contributed by atoms with van der Waals surface area (Å²) in [4.78, 5) is 9.08.